The van der Waals surface area contributed by atoms with Crippen molar-refractivity contribution in [3.63, 3.8) is 0 Å². The molecule has 23 heavy (non-hydrogen) atoms. The molecule has 7 nitrogen and oxygen atoms in total. The van der Waals surface area contributed by atoms with E-state index >= 15 is 0 Å². The Kier molecular flexibility index (Phi) is 6.79. The van der Waals surface area contributed by atoms with Gasteiger partial charge in [-0.1, -0.05) is 11.3 Å². The summed E-state index contributed by atoms with van der Waals surface area (Å²) in [4.78, 5) is 14.9. The predicted octanol–water partition coefficient (Wildman–Crippen LogP) is 0.650. The monoisotopic (exact) mass is 337 g/mol. The van der Waals surface area contributed by atoms with Gasteiger partial charge in [-0.2, -0.15) is 0 Å². The van der Waals surface area contributed by atoms with Crippen LogP contribution in [0.15, 0.2) is 35.8 Å². The Labute approximate surface area is 138 Å². The predicted molar refractivity (Wildman–Crippen MR) is 86.9 cm³/mol. The Bertz CT molecular complexity index is 589. The van der Waals surface area contributed by atoms with Gasteiger partial charge in [0.2, 0.25) is 5.91 Å². The highest BCUT2D eigenvalue weighted by molar-refractivity contribution is 7.11. The average Bonchev–Trinajstić information content (AvgIpc) is 3.06. The number of hydrogen-bond acceptors (Lipinski definition) is 7. The second kappa shape index (κ2) is 9.09. The number of nitrogens with zero attached hydrogens (tertiary/aromatic N) is 1. The maximum absolute atomic E-state index is 10.9. The van der Waals surface area contributed by atoms with E-state index in [4.69, 9.17) is 15.2 Å². The number of hydrogen-bond donors (Lipinski definition) is 3. The smallest absolute Gasteiger partial charge is 0.273 e. The number of aliphatic hydroxyl groups excluding tert-OH is 1. The highest BCUT2D eigenvalue weighted by atomic mass is 32.1. The molecule has 0 fully saturated rings. The third-order valence-electron chi connectivity index (χ3n) is 2.88. The van der Waals surface area contributed by atoms with E-state index in [0.29, 0.717) is 36.2 Å². The second-order valence-electron chi connectivity index (χ2n) is 4.70. The highest BCUT2D eigenvalue weighted by Crippen LogP contribution is 2.13. The number of benzene rings is 1. The number of ether oxygens (including phenoxy) is 2. The second-order valence-corrected chi connectivity index (χ2v) is 5.56. The van der Waals surface area contributed by atoms with Gasteiger partial charge in [-0.05, 0) is 24.3 Å². The zero-order valence-corrected chi connectivity index (χ0v) is 13.3. The molecule has 8 heteroatoms. The van der Waals surface area contributed by atoms with Gasteiger partial charge in [-0.25, -0.2) is 4.98 Å². The lowest BCUT2D eigenvalue weighted by atomic mass is 10.2. The Balaban J connectivity index is 1.55. The van der Waals surface area contributed by atoms with E-state index in [0.717, 1.165) is 0 Å². The molecule has 1 heterocycles. The molecule has 124 valence electrons. The maximum Gasteiger partial charge on any atom is 0.273 e. The lowest BCUT2D eigenvalue weighted by Gasteiger charge is -2.12. The summed E-state index contributed by atoms with van der Waals surface area (Å²) in [5.41, 5.74) is 5.60. The number of aliphatic hydroxyl groups is 1. The van der Waals surface area contributed by atoms with Crippen LogP contribution in [0.4, 0.5) is 0 Å². The highest BCUT2D eigenvalue weighted by Gasteiger charge is 2.06. The van der Waals surface area contributed by atoms with Crippen LogP contribution < -0.4 is 20.5 Å². The zero-order valence-electron chi connectivity index (χ0n) is 12.5. The number of thiazole rings is 1. The lowest BCUT2D eigenvalue weighted by Crippen LogP contribution is -2.33. The number of rotatable bonds is 10. The number of primary amides is 1. The van der Waals surface area contributed by atoms with E-state index in [1.165, 1.54) is 11.3 Å². The summed E-state index contributed by atoms with van der Waals surface area (Å²) in [7, 11) is 0. The molecule has 1 amide bonds. The van der Waals surface area contributed by atoms with Crippen LogP contribution in [0, 0.1) is 0 Å². The first kappa shape index (κ1) is 17.2. The van der Waals surface area contributed by atoms with Crippen molar-refractivity contribution in [2.75, 3.05) is 26.3 Å². The van der Waals surface area contributed by atoms with Crippen LogP contribution in [0.3, 0.4) is 0 Å². The lowest BCUT2D eigenvalue weighted by molar-refractivity contribution is 0.1000. The van der Waals surface area contributed by atoms with Gasteiger partial charge < -0.3 is 25.6 Å². The van der Waals surface area contributed by atoms with Crippen LogP contribution in [0.2, 0.25) is 0 Å². The molecule has 2 rings (SSSR count). The largest absolute Gasteiger partial charge is 0.492 e. The molecule has 4 N–H and O–H groups in total. The van der Waals surface area contributed by atoms with Gasteiger partial charge in [0.1, 0.15) is 25.1 Å². The van der Waals surface area contributed by atoms with Crippen LogP contribution in [-0.4, -0.2) is 48.4 Å². The molecule has 0 bridgehead atoms. The van der Waals surface area contributed by atoms with Crippen molar-refractivity contribution in [1.82, 2.24) is 10.3 Å². The Hall–Kier alpha value is -2.16. The summed E-state index contributed by atoms with van der Waals surface area (Å²) in [6.07, 6.45) is 1.03. The Morgan fingerprint density at radius 1 is 1.35 bits per heavy atom. The number of nitrogens with one attached hydrogen (secondary N) is 1. The van der Waals surface area contributed by atoms with Crippen molar-refractivity contribution in [2.45, 2.75) is 6.10 Å². The Morgan fingerprint density at radius 2 is 2.13 bits per heavy atom. The standard InChI is InChI=1S/C15H19N3O4S/c16-14(20)11-1-3-13(4-2-11)21-7-5-17-9-12(19)10-22-15-18-6-8-23-15/h1-4,6,8,12,17,19H,5,7,9-10H2,(H2,16,20). The van der Waals surface area contributed by atoms with Gasteiger partial charge in [0.05, 0.1) is 0 Å². The average molecular weight is 337 g/mol. The first-order valence-electron chi connectivity index (χ1n) is 7.09. The topological polar surface area (TPSA) is 107 Å². The minimum atomic E-state index is -0.617. The summed E-state index contributed by atoms with van der Waals surface area (Å²) in [5, 5.41) is 15.2. The molecule has 1 atom stereocenters. The fraction of sp³-hybridized carbons (Fsp3) is 0.333. The first-order valence-corrected chi connectivity index (χ1v) is 7.97. The van der Waals surface area contributed by atoms with Gasteiger partial charge in [-0.15, -0.1) is 0 Å². The van der Waals surface area contributed by atoms with E-state index < -0.39 is 12.0 Å². The summed E-state index contributed by atoms with van der Waals surface area (Å²) in [6.45, 7) is 1.60. The van der Waals surface area contributed by atoms with Crippen LogP contribution in [0.25, 0.3) is 0 Å². The van der Waals surface area contributed by atoms with E-state index in [1.54, 1.807) is 30.5 Å². The molecule has 0 aliphatic rings. The molecule has 2 aromatic rings. The molecule has 1 aromatic carbocycles. The third kappa shape index (κ3) is 6.23. The van der Waals surface area contributed by atoms with Crippen LogP contribution in [0.1, 0.15) is 10.4 Å². The number of carbonyl (C=O) groups is 1. The fourth-order valence-corrected chi connectivity index (χ4v) is 2.23. The summed E-state index contributed by atoms with van der Waals surface area (Å²) in [5.74, 6) is 0.191. The first-order chi connectivity index (χ1) is 11.1. The van der Waals surface area contributed by atoms with Gasteiger partial charge >= 0.3 is 0 Å². The maximum atomic E-state index is 10.9. The zero-order chi connectivity index (χ0) is 16.5. The number of nitrogens with two attached hydrogens (primary N) is 1. The number of amides is 1. The molecule has 0 aliphatic heterocycles. The van der Waals surface area contributed by atoms with E-state index in [-0.39, 0.29) is 6.61 Å². The number of aromatic nitrogens is 1. The molecule has 0 radical (unpaired) electrons. The molecule has 1 aromatic heterocycles. The van der Waals surface area contributed by atoms with Crippen molar-refractivity contribution in [3.05, 3.63) is 41.4 Å². The SMILES string of the molecule is NC(=O)c1ccc(OCCNCC(O)COc2nccs2)cc1. The Morgan fingerprint density at radius 3 is 2.78 bits per heavy atom. The van der Waals surface area contributed by atoms with Crippen LogP contribution >= 0.6 is 11.3 Å². The van der Waals surface area contributed by atoms with Crippen molar-refractivity contribution in [2.24, 2.45) is 5.73 Å². The summed E-state index contributed by atoms with van der Waals surface area (Å²) >= 11 is 1.38. The molecule has 0 aliphatic carbocycles. The van der Waals surface area contributed by atoms with Crippen molar-refractivity contribution in [1.29, 1.82) is 0 Å². The van der Waals surface area contributed by atoms with Crippen LogP contribution in [-0.2, 0) is 0 Å². The number of carbonyl (C=O) groups excluding carboxylic acids is 1. The minimum Gasteiger partial charge on any atom is -0.492 e. The van der Waals surface area contributed by atoms with Crippen molar-refractivity contribution < 1.29 is 19.4 Å². The fourth-order valence-electron chi connectivity index (χ4n) is 1.73. The minimum absolute atomic E-state index is 0.190. The summed E-state index contributed by atoms with van der Waals surface area (Å²) in [6, 6.07) is 6.61. The van der Waals surface area contributed by atoms with E-state index in [1.807, 2.05) is 5.38 Å². The molecule has 0 saturated carbocycles. The third-order valence-corrected chi connectivity index (χ3v) is 3.56. The van der Waals surface area contributed by atoms with E-state index in [2.05, 4.69) is 10.3 Å². The quantitative estimate of drug-likeness (QED) is 0.550. The molecule has 0 saturated heterocycles. The van der Waals surface area contributed by atoms with Crippen molar-refractivity contribution >= 4 is 17.2 Å². The van der Waals surface area contributed by atoms with Gasteiger partial charge in [-0.3, -0.25) is 4.79 Å². The van der Waals surface area contributed by atoms with Gasteiger partial charge in [0, 0.05) is 30.2 Å². The molecular weight excluding hydrogens is 318 g/mol. The molecular formula is C15H19N3O4S. The molecule has 0 spiro atoms. The van der Waals surface area contributed by atoms with Crippen molar-refractivity contribution in [3.8, 4) is 10.9 Å². The van der Waals surface area contributed by atoms with Crippen LogP contribution in [0.5, 0.6) is 10.9 Å². The van der Waals surface area contributed by atoms with Gasteiger partial charge in [0.15, 0.2) is 0 Å². The van der Waals surface area contributed by atoms with Gasteiger partial charge in [0.25, 0.3) is 5.19 Å². The summed E-state index contributed by atoms with van der Waals surface area (Å²) < 4.78 is 10.8. The molecule has 1 unspecified atom stereocenters. The van der Waals surface area contributed by atoms with E-state index in [9.17, 15) is 9.90 Å². The normalized spacial score (nSPS) is 11.9.